The standard InChI is InChI=1S/C33H49N3O8/c1-22-16-17-34-30(43-21-28(37)42-19-23-9-6-5-7-10-23)29(22)24-12-14-25(15-13-24)41-20-27-26(11-8-18-36(27)32(39)40)35-31(38)44-33(2,3)4/h5-7,9-10,12,22,25-27,29-30,34H,8,11,13-21H2,1-4H3,(H,35,38)(H,39,40). The number of hydrogen-bond acceptors (Lipinski definition) is 8. The lowest BCUT2D eigenvalue weighted by molar-refractivity contribution is -0.155. The zero-order valence-corrected chi connectivity index (χ0v) is 26.5. The van der Waals surface area contributed by atoms with Crippen LogP contribution in [0.2, 0.25) is 0 Å². The van der Waals surface area contributed by atoms with Crippen molar-refractivity contribution in [1.82, 2.24) is 15.5 Å². The monoisotopic (exact) mass is 615 g/mol. The molecule has 4 rings (SSSR count). The predicted octanol–water partition coefficient (Wildman–Crippen LogP) is 4.85. The van der Waals surface area contributed by atoms with E-state index in [1.165, 1.54) is 10.5 Å². The summed E-state index contributed by atoms with van der Waals surface area (Å²) in [4.78, 5) is 38.3. The first-order chi connectivity index (χ1) is 21.0. The Bertz CT molecular complexity index is 1140. The van der Waals surface area contributed by atoms with Gasteiger partial charge in [0.15, 0.2) is 0 Å². The van der Waals surface area contributed by atoms with Gasteiger partial charge in [-0.1, -0.05) is 48.9 Å². The van der Waals surface area contributed by atoms with Gasteiger partial charge in [0.25, 0.3) is 0 Å². The molecule has 1 aromatic carbocycles. The van der Waals surface area contributed by atoms with Crippen molar-refractivity contribution < 1.29 is 38.4 Å². The Morgan fingerprint density at radius 1 is 1.09 bits per heavy atom. The SMILES string of the molecule is CC1CCNC(OCC(=O)OCc2ccccc2)C1C1=CCC(OCC2C(NC(=O)OC(C)(C)C)CCCN2C(=O)O)CC1. The van der Waals surface area contributed by atoms with E-state index in [2.05, 4.69) is 23.6 Å². The van der Waals surface area contributed by atoms with Gasteiger partial charge in [0.2, 0.25) is 0 Å². The number of carbonyl (C=O) groups is 3. The van der Waals surface area contributed by atoms with Crippen LogP contribution in [0, 0.1) is 11.8 Å². The third kappa shape index (κ3) is 9.93. The third-order valence-corrected chi connectivity index (χ3v) is 8.56. The van der Waals surface area contributed by atoms with Gasteiger partial charge < -0.3 is 34.3 Å². The van der Waals surface area contributed by atoms with Crippen LogP contribution in [0.5, 0.6) is 0 Å². The molecule has 2 aliphatic heterocycles. The first kappa shape index (κ1) is 33.7. The number of nitrogens with zero attached hydrogens (tertiary/aromatic N) is 1. The van der Waals surface area contributed by atoms with Gasteiger partial charge in [0.1, 0.15) is 25.0 Å². The van der Waals surface area contributed by atoms with Crippen LogP contribution in [0.1, 0.15) is 71.8 Å². The molecule has 3 aliphatic rings. The van der Waals surface area contributed by atoms with Crippen LogP contribution in [0.15, 0.2) is 42.0 Å². The van der Waals surface area contributed by atoms with E-state index in [0.29, 0.717) is 31.7 Å². The van der Waals surface area contributed by atoms with E-state index < -0.39 is 35.8 Å². The summed E-state index contributed by atoms with van der Waals surface area (Å²) in [7, 11) is 0. The van der Waals surface area contributed by atoms with Crippen LogP contribution in [-0.4, -0.2) is 84.5 Å². The number of benzene rings is 1. The van der Waals surface area contributed by atoms with Gasteiger partial charge in [-0.25, -0.2) is 14.4 Å². The summed E-state index contributed by atoms with van der Waals surface area (Å²) in [6, 6.07) is 8.68. The minimum atomic E-state index is -1.02. The van der Waals surface area contributed by atoms with Crippen molar-refractivity contribution in [2.75, 3.05) is 26.3 Å². The lowest BCUT2D eigenvalue weighted by atomic mass is 9.77. The van der Waals surface area contributed by atoms with Crippen LogP contribution in [0.4, 0.5) is 9.59 Å². The minimum Gasteiger partial charge on any atom is -0.465 e. The number of likely N-dealkylation sites (tertiary alicyclic amines) is 1. The summed E-state index contributed by atoms with van der Waals surface area (Å²) in [5.74, 6) is 0.127. The zero-order valence-electron chi connectivity index (χ0n) is 26.5. The lowest BCUT2D eigenvalue weighted by Gasteiger charge is -2.41. The van der Waals surface area contributed by atoms with Crippen molar-refractivity contribution in [3.8, 4) is 0 Å². The van der Waals surface area contributed by atoms with Gasteiger partial charge in [0.05, 0.1) is 24.8 Å². The summed E-state index contributed by atoms with van der Waals surface area (Å²) in [5, 5.41) is 16.2. The zero-order chi connectivity index (χ0) is 31.7. The second kappa shape index (κ2) is 15.7. The molecule has 3 N–H and O–H groups in total. The molecule has 2 saturated heterocycles. The second-order valence-corrected chi connectivity index (χ2v) is 13.1. The van der Waals surface area contributed by atoms with Crippen molar-refractivity contribution in [1.29, 1.82) is 0 Å². The maximum Gasteiger partial charge on any atom is 0.407 e. The van der Waals surface area contributed by atoms with Gasteiger partial charge in [-0.05, 0) is 77.3 Å². The highest BCUT2D eigenvalue weighted by atomic mass is 16.6. The van der Waals surface area contributed by atoms with Crippen molar-refractivity contribution in [2.24, 2.45) is 11.8 Å². The second-order valence-electron chi connectivity index (χ2n) is 13.1. The number of hydrogen-bond donors (Lipinski definition) is 3. The van der Waals surface area contributed by atoms with Crippen LogP contribution in [-0.2, 0) is 30.3 Å². The highest BCUT2D eigenvalue weighted by Gasteiger charge is 2.38. The Labute approximate surface area is 260 Å². The number of alkyl carbamates (subject to hydrolysis) is 1. The summed E-state index contributed by atoms with van der Waals surface area (Å²) in [5.41, 5.74) is 1.58. The van der Waals surface area contributed by atoms with Gasteiger partial charge in [-0.15, -0.1) is 0 Å². The first-order valence-electron chi connectivity index (χ1n) is 15.8. The highest BCUT2D eigenvalue weighted by molar-refractivity contribution is 5.70. The van der Waals surface area contributed by atoms with Crippen molar-refractivity contribution in [3.63, 3.8) is 0 Å². The molecule has 0 saturated carbocycles. The molecule has 0 radical (unpaired) electrons. The minimum absolute atomic E-state index is 0.0577. The number of esters is 1. The Morgan fingerprint density at radius 2 is 1.86 bits per heavy atom. The largest absolute Gasteiger partial charge is 0.465 e. The van der Waals surface area contributed by atoms with E-state index in [4.69, 9.17) is 18.9 Å². The number of ether oxygens (including phenoxy) is 4. The van der Waals surface area contributed by atoms with E-state index in [1.54, 1.807) is 20.8 Å². The van der Waals surface area contributed by atoms with Crippen LogP contribution < -0.4 is 10.6 Å². The molecule has 2 fully saturated rings. The number of nitrogens with one attached hydrogen (secondary N) is 2. The Hall–Kier alpha value is -3.15. The molecular weight excluding hydrogens is 566 g/mol. The molecule has 11 nitrogen and oxygen atoms in total. The predicted molar refractivity (Wildman–Crippen MR) is 164 cm³/mol. The van der Waals surface area contributed by atoms with E-state index in [0.717, 1.165) is 31.4 Å². The van der Waals surface area contributed by atoms with Crippen molar-refractivity contribution >= 4 is 18.2 Å². The Kier molecular flexibility index (Phi) is 12.1. The third-order valence-electron chi connectivity index (χ3n) is 8.56. The number of amides is 2. The smallest absolute Gasteiger partial charge is 0.407 e. The molecule has 0 aromatic heterocycles. The molecule has 6 unspecified atom stereocenters. The van der Waals surface area contributed by atoms with E-state index in [-0.39, 0.29) is 38.1 Å². The van der Waals surface area contributed by atoms with Crippen molar-refractivity contribution in [2.45, 2.75) is 103 Å². The fraction of sp³-hybridized carbons (Fsp3) is 0.667. The van der Waals surface area contributed by atoms with Crippen LogP contribution in [0.25, 0.3) is 0 Å². The highest BCUT2D eigenvalue weighted by Crippen LogP contribution is 2.36. The number of carboxylic acid groups (broad SMARTS) is 1. The molecule has 2 heterocycles. The maximum absolute atomic E-state index is 12.5. The molecule has 1 aromatic rings. The van der Waals surface area contributed by atoms with E-state index in [1.807, 2.05) is 30.3 Å². The molecule has 11 heteroatoms. The molecule has 44 heavy (non-hydrogen) atoms. The molecular formula is C33H49N3O8. The normalized spacial score (nSPS) is 27.6. The summed E-state index contributed by atoms with van der Waals surface area (Å²) < 4.78 is 23.2. The summed E-state index contributed by atoms with van der Waals surface area (Å²) >= 11 is 0. The quantitative estimate of drug-likeness (QED) is 0.249. The van der Waals surface area contributed by atoms with Crippen LogP contribution >= 0.6 is 0 Å². The Balaban J connectivity index is 1.30. The van der Waals surface area contributed by atoms with Gasteiger partial charge in [0, 0.05) is 12.5 Å². The van der Waals surface area contributed by atoms with Crippen molar-refractivity contribution in [3.05, 3.63) is 47.5 Å². The van der Waals surface area contributed by atoms with Crippen LogP contribution in [0.3, 0.4) is 0 Å². The molecule has 6 atom stereocenters. The maximum atomic E-state index is 12.5. The summed E-state index contributed by atoms with van der Waals surface area (Å²) in [6.45, 7) is 9.12. The number of carbonyl (C=O) groups excluding carboxylic acids is 2. The lowest BCUT2D eigenvalue weighted by Crippen LogP contribution is -2.59. The van der Waals surface area contributed by atoms with E-state index >= 15 is 0 Å². The molecule has 0 bridgehead atoms. The van der Waals surface area contributed by atoms with Gasteiger partial charge in [-0.2, -0.15) is 0 Å². The Morgan fingerprint density at radius 3 is 2.55 bits per heavy atom. The number of piperidine rings is 2. The average molecular weight is 616 g/mol. The average Bonchev–Trinajstić information content (AvgIpc) is 2.98. The molecule has 2 amide bonds. The topological polar surface area (TPSA) is 136 Å². The summed E-state index contributed by atoms with van der Waals surface area (Å²) in [6.07, 6.45) is 4.95. The molecule has 0 spiro atoms. The number of rotatable bonds is 10. The fourth-order valence-electron chi connectivity index (χ4n) is 6.37. The first-order valence-corrected chi connectivity index (χ1v) is 15.8. The molecule has 244 valence electrons. The van der Waals surface area contributed by atoms with Gasteiger partial charge in [-0.3, -0.25) is 5.32 Å². The fourth-order valence-corrected chi connectivity index (χ4v) is 6.37. The van der Waals surface area contributed by atoms with Gasteiger partial charge >= 0.3 is 18.2 Å². The molecule has 1 aliphatic carbocycles. The van der Waals surface area contributed by atoms with E-state index in [9.17, 15) is 19.5 Å².